The van der Waals surface area contributed by atoms with Crippen molar-refractivity contribution in [2.24, 2.45) is 0 Å². The molecule has 3 aromatic rings. The summed E-state index contributed by atoms with van der Waals surface area (Å²) in [6, 6.07) is 15.8. The van der Waals surface area contributed by atoms with Gasteiger partial charge in [0.2, 0.25) is 11.8 Å². The number of carboxylic acid groups (broad SMARTS) is 1. The highest BCUT2D eigenvalue weighted by Crippen LogP contribution is 2.31. The number of carbonyl (C=O) groups is 1. The number of aryl methyl sites for hydroxylation is 1. The Balaban J connectivity index is 1.88. The van der Waals surface area contributed by atoms with Gasteiger partial charge in [0.15, 0.2) is 0 Å². The lowest BCUT2D eigenvalue weighted by molar-refractivity contribution is -0.130. The molecule has 0 atom stereocenters. The summed E-state index contributed by atoms with van der Waals surface area (Å²) >= 11 is 0. The fraction of sp³-hybridized carbons (Fsp3) is 0.0952. The number of nitrogens with zero attached hydrogens (tertiary/aromatic N) is 2. The lowest BCUT2D eigenvalue weighted by Gasteiger charge is -2.12. The number of ether oxygens (including phenoxy) is 3. The third-order valence-corrected chi connectivity index (χ3v) is 3.78. The fourth-order valence-electron chi connectivity index (χ4n) is 2.46. The highest BCUT2D eigenvalue weighted by Gasteiger charge is 2.17. The second-order valence-electron chi connectivity index (χ2n) is 5.73. The first kappa shape index (κ1) is 18.9. The van der Waals surface area contributed by atoms with Crippen LogP contribution in [0.2, 0.25) is 0 Å². The van der Waals surface area contributed by atoms with Gasteiger partial charge >= 0.3 is 5.97 Å². The molecule has 7 heteroatoms. The van der Waals surface area contributed by atoms with Crippen molar-refractivity contribution in [3.8, 4) is 23.3 Å². The number of rotatable bonds is 7. The first-order valence-corrected chi connectivity index (χ1v) is 8.37. The average molecular weight is 378 g/mol. The molecule has 142 valence electrons. The number of para-hydroxylation sites is 2. The zero-order valence-electron chi connectivity index (χ0n) is 15.3. The Morgan fingerprint density at radius 2 is 1.57 bits per heavy atom. The van der Waals surface area contributed by atoms with Gasteiger partial charge in [0, 0.05) is 5.56 Å². The van der Waals surface area contributed by atoms with Crippen molar-refractivity contribution in [3.63, 3.8) is 0 Å². The van der Waals surface area contributed by atoms with E-state index in [0.29, 0.717) is 22.9 Å². The standard InChI is InChI=1S/C21H18N2O5/c1-14-7-3-5-9-17(14)27-19-11-20(23-13-22-19)28-18-10-6-4-8-15(18)16(12-26-2)21(24)25/h3-13H,1-2H3,(H,24,25)/b16-12-. The Labute approximate surface area is 161 Å². The number of methoxy groups -OCH3 is 1. The van der Waals surface area contributed by atoms with Crippen molar-refractivity contribution in [1.29, 1.82) is 0 Å². The summed E-state index contributed by atoms with van der Waals surface area (Å²) in [6.07, 6.45) is 2.46. The first-order chi connectivity index (χ1) is 13.6. The van der Waals surface area contributed by atoms with Gasteiger partial charge in [-0.15, -0.1) is 0 Å². The van der Waals surface area contributed by atoms with E-state index in [0.717, 1.165) is 11.8 Å². The molecular formula is C21H18N2O5. The molecule has 1 heterocycles. The van der Waals surface area contributed by atoms with Gasteiger partial charge in [0.1, 0.15) is 23.4 Å². The molecule has 3 rings (SSSR count). The molecule has 0 amide bonds. The molecular weight excluding hydrogens is 360 g/mol. The summed E-state index contributed by atoms with van der Waals surface area (Å²) in [6.45, 7) is 1.93. The number of aliphatic carboxylic acids is 1. The van der Waals surface area contributed by atoms with Crippen LogP contribution in [0.4, 0.5) is 0 Å². The molecule has 0 bridgehead atoms. The number of benzene rings is 2. The second-order valence-corrected chi connectivity index (χ2v) is 5.73. The quantitative estimate of drug-likeness (QED) is 0.480. The van der Waals surface area contributed by atoms with Crippen molar-refractivity contribution in [1.82, 2.24) is 9.97 Å². The van der Waals surface area contributed by atoms with Crippen LogP contribution < -0.4 is 9.47 Å². The van der Waals surface area contributed by atoms with Gasteiger partial charge in [-0.25, -0.2) is 14.8 Å². The van der Waals surface area contributed by atoms with Gasteiger partial charge in [-0.2, -0.15) is 0 Å². The Morgan fingerprint density at radius 1 is 0.964 bits per heavy atom. The number of carboxylic acids is 1. The maximum Gasteiger partial charge on any atom is 0.339 e. The number of hydrogen-bond donors (Lipinski definition) is 1. The van der Waals surface area contributed by atoms with E-state index in [1.54, 1.807) is 24.3 Å². The topological polar surface area (TPSA) is 90.8 Å². The van der Waals surface area contributed by atoms with Crippen molar-refractivity contribution < 1.29 is 24.1 Å². The molecule has 0 spiro atoms. The molecule has 1 N–H and O–H groups in total. The Bertz CT molecular complexity index is 1020. The van der Waals surface area contributed by atoms with Crippen LogP contribution in [0.3, 0.4) is 0 Å². The molecule has 0 aliphatic heterocycles. The van der Waals surface area contributed by atoms with Crippen molar-refractivity contribution in [3.05, 3.63) is 78.3 Å². The van der Waals surface area contributed by atoms with Gasteiger partial charge in [0.25, 0.3) is 0 Å². The van der Waals surface area contributed by atoms with Crippen LogP contribution in [0, 0.1) is 6.92 Å². The van der Waals surface area contributed by atoms with Gasteiger partial charge < -0.3 is 19.3 Å². The van der Waals surface area contributed by atoms with Gasteiger partial charge in [-0.1, -0.05) is 36.4 Å². The summed E-state index contributed by atoms with van der Waals surface area (Å²) in [4.78, 5) is 19.7. The molecule has 0 unspecified atom stereocenters. The van der Waals surface area contributed by atoms with E-state index in [2.05, 4.69) is 9.97 Å². The number of aromatic nitrogens is 2. The van der Waals surface area contributed by atoms with Crippen LogP contribution >= 0.6 is 0 Å². The van der Waals surface area contributed by atoms with Gasteiger partial charge in [-0.05, 0) is 24.6 Å². The smallest absolute Gasteiger partial charge is 0.339 e. The number of hydrogen-bond acceptors (Lipinski definition) is 6. The van der Waals surface area contributed by atoms with Crippen molar-refractivity contribution in [2.45, 2.75) is 6.92 Å². The van der Waals surface area contributed by atoms with Crippen molar-refractivity contribution in [2.75, 3.05) is 7.11 Å². The zero-order valence-corrected chi connectivity index (χ0v) is 15.3. The van der Waals surface area contributed by atoms with Gasteiger partial charge in [-0.3, -0.25) is 0 Å². The van der Waals surface area contributed by atoms with E-state index >= 15 is 0 Å². The maximum absolute atomic E-state index is 11.5. The molecule has 0 radical (unpaired) electrons. The highest BCUT2D eigenvalue weighted by atomic mass is 16.5. The Hall–Kier alpha value is -3.87. The zero-order chi connectivity index (χ0) is 19.9. The second kappa shape index (κ2) is 8.68. The minimum Gasteiger partial charge on any atom is -0.503 e. The molecule has 0 saturated carbocycles. The fourth-order valence-corrected chi connectivity index (χ4v) is 2.46. The summed E-state index contributed by atoms with van der Waals surface area (Å²) in [7, 11) is 1.38. The van der Waals surface area contributed by atoms with Crippen molar-refractivity contribution >= 4 is 11.5 Å². The van der Waals surface area contributed by atoms with E-state index in [-0.39, 0.29) is 11.5 Å². The van der Waals surface area contributed by atoms with E-state index in [9.17, 15) is 9.90 Å². The SMILES string of the molecule is CO/C=C(\C(=O)O)c1ccccc1Oc1cc(Oc2ccccc2C)ncn1. The summed E-state index contributed by atoms with van der Waals surface area (Å²) in [5.74, 6) is 0.373. The first-order valence-electron chi connectivity index (χ1n) is 8.37. The molecule has 0 saturated heterocycles. The summed E-state index contributed by atoms with van der Waals surface area (Å²) < 4.78 is 16.5. The van der Waals surface area contributed by atoms with E-state index in [1.165, 1.54) is 19.5 Å². The molecule has 1 aromatic heterocycles. The monoisotopic (exact) mass is 378 g/mol. The van der Waals surface area contributed by atoms with Crippen LogP contribution in [-0.2, 0) is 9.53 Å². The molecule has 2 aromatic carbocycles. The predicted molar refractivity (Wildman–Crippen MR) is 102 cm³/mol. The van der Waals surface area contributed by atoms with E-state index in [4.69, 9.17) is 14.2 Å². The van der Waals surface area contributed by atoms with Crippen LogP contribution in [0.5, 0.6) is 23.3 Å². The van der Waals surface area contributed by atoms with Gasteiger partial charge in [0.05, 0.1) is 19.4 Å². The maximum atomic E-state index is 11.5. The molecule has 7 nitrogen and oxygen atoms in total. The Morgan fingerprint density at radius 3 is 2.21 bits per heavy atom. The minimum absolute atomic E-state index is 0.0384. The lowest BCUT2D eigenvalue weighted by Crippen LogP contribution is -2.02. The average Bonchev–Trinajstić information content (AvgIpc) is 2.69. The third-order valence-electron chi connectivity index (χ3n) is 3.78. The Kier molecular flexibility index (Phi) is 5.86. The third kappa shape index (κ3) is 4.45. The lowest BCUT2D eigenvalue weighted by atomic mass is 10.1. The predicted octanol–water partition coefficient (Wildman–Crippen LogP) is 4.44. The summed E-state index contributed by atoms with van der Waals surface area (Å²) in [5.41, 5.74) is 1.28. The van der Waals surface area contributed by atoms with Crippen LogP contribution in [0.1, 0.15) is 11.1 Å². The van der Waals surface area contributed by atoms with E-state index in [1.807, 2.05) is 31.2 Å². The minimum atomic E-state index is -1.14. The van der Waals surface area contributed by atoms with E-state index < -0.39 is 5.97 Å². The van der Waals surface area contributed by atoms with Crippen LogP contribution in [0.25, 0.3) is 5.57 Å². The largest absolute Gasteiger partial charge is 0.503 e. The molecule has 0 fully saturated rings. The summed E-state index contributed by atoms with van der Waals surface area (Å²) in [5, 5.41) is 9.43. The molecule has 28 heavy (non-hydrogen) atoms. The van der Waals surface area contributed by atoms with Crippen LogP contribution in [0.15, 0.2) is 67.2 Å². The molecule has 0 aliphatic rings. The normalized spacial score (nSPS) is 11.0. The highest BCUT2D eigenvalue weighted by molar-refractivity contribution is 6.15. The molecule has 0 aliphatic carbocycles. The van der Waals surface area contributed by atoms with Crippen LogP contribution in [-0.4, -0.2) is 28.2 Å².